The van der Waals surface area contributed by atoms with Crippen LogP contribution in [0.4, 0.5) is 0 Å². The molecule has 9 heteroatoms. The van der Waals surface area contributed by atoms with Crippen molar-refractivity contribution in [2.45, 2.75) is 58.8 Å². The second kappa shape index (κ2) is 15.2. The number of thiocarbonyl (C=S) groups is 1. The van der Waals surface area contributed by atoms with Crippen LogP contribution in [0.2, 0.25) is 0 Å². The fourth-order valence-electron chi connectivity index (χ4n) is 2.33. The van der Waals surface area contributed by atoms with Crippen molar-refractivity contribution in [3.63, 3.8) is 0 Å². The highest BCUT2D eigenvalue weighted by molar-refractivity contribution is 7.80. The summed E-state index contributed by atoms with van der Waals surface area (Å²) >= 11 is 4.95. The number of rotatable bonds is 12. The lowest BCUT2D eigenvalue weighted by molar-refractivity contribution is -0.144. The zero-order valence-corrected chi connectivity index (χ0v) is 18.4. The molecule has 1 rings (SSSR count). The SMILES string of the molecule is CCCCCCOc1ccc(C(=O)NNC(=S)NC(=O)CCC(=O)OCCC)cc1. The van der Waals surface area contributed by atoms with Gasteiger partial charge in [0.2, 0.25) is 5.91 Å². The molecule has 0 saturated carbocycles. The van der Waals surface area contributed by atoms with Gasteiger partial charge >= 0.3 is 5.97 Å². The van der Waals surface area contributed by atoms with Crippen LogP contribution in [-0.4, -0.2) is 36.1 Å². The van der Waals surface area contributed by atoms with E-state index in [4.69, 9.17) is 21.7 Å². The first kappa shape index (κ1) is 25.4. The summed E-state index contributed by atoms with van der Waals surface area (Å²) in [4.78, 5) is 35.3. The predicted octanol–water partition coefficient (Wildman–Crippen LogP) is 3.01. The van der Waals surface area contributed by atoms with Crippen molar-refractivity contribution in [3.05, 3.63) is 29.8 Å². The van der Waals surface area contributed by atoms with Crippen LogP contribution in [-0.2, 0) is 14.3 Å². The van der Waals surface area contributed by atoms with Gasteiger partial charge in [-0.1, -0.05) is 33.1 Å². The Hall–Kier alpha value is -2.68. The van der Waals surface area contributed by atoms with Crippen LogP contribution in [0.15, 0.2) is 24.3 Å². The summed E-state index contributed by atoms with van der Waals surface area (Å²) in [5.41, 5.74) is 5.27. The van der Waals surface area contributed by atoms with Crippen LogP contribution in [0.3, 0.4) is 0 Å². The van der Waals surface area contributed by atoms with Crippen molar-refractivity contribution in [2.24, 2.45) is 0 Å². The molecule has 0 spiro atoms. The fraction of sp³-hybridized carbons (Fsp3) is 0.524. The smallest absolute Gasteiger partial charge is 0.306 e. The van der Waals surface area contributed by atoms with Gasteiger partial charge in [-0.3, -0.25) is 25.2 Å². The van der Waals surface area contributed by atoms with Gasteiger partial charge in [-0.25, -0.2) is 0 Å². The molecule has 8 nitrogen and oxygen atoms in total. The van der Waals surface area contributed by atoms with Crippen LogP contribution in [0.1, 0.15) is 69.2 Å². The van der Waals surface area contributed by atoms with Gasteiger partial charge in [-0.15, -0.1) is 0 Å². The second-order valence-electron chi connectivity index (χ2n) is 6.61. The standard InChI is InChI=1S/C21H31N3O5S/c1-3-5-6-7-15-28-17-10-8-16(9-11-17)20(27)23-24-21(30)22-18(25)12-13-19(26)29-14-4-2/h8-11H,3-7,12-15H2,1-2H3,(H,23,27)(H2,22,24,25,30). The molecule has 0 aliphatic heterocycles. The van der Waals surface area contributed by atoms with Crippen LogP contribution < -0.4 is 20.9 Å². The summed E-state index contributed by atoms with van der Waals surface area (Å²) < 4.78 is 10.5. The van der Waals surface area contributed by atoms with Gasteiger partial charge in [-0.05, 0) is 49.3 Å². The zero-order chi connectivity index (χ0) is 22.2. The Labute approximate surface area is 183 Å². The first-order valence-corrected chi connectivity index (χ1v) is 10.7. The quantitative estimate of drug-likeness (QED) is 0.200. The zero-order valence-electron chi connectivity index (χ0n) is 17.6. The molecule has 166 valence electrons. The molecule has 30 heavy (non-hydrogen) atoms. The lowest BCUT2D eigenvalue weighted by Gasteiger charge is -2.11. The molecular formula is C21H31N3O5S. The van der Waals surface area contributed by atoms with Crippen LogP contribution in [0.25, 0.3) is 0 Å². The Morgan fingerprint density at radius 1 is 0.900 bits per heavy atom. The minimum atomic E-state index is -0.448. The maximum absolute atomic E-state index is 12.1. The molecule has 3 N–H and O–H groups in total. The Balaban J connectivity index is 2.28. The van der Waals surface area contributed by atoms with Crippen molar-refractivity contribution < 1.29 is 23.9 Å². The van der Waals surface area contributed by atoms with E-state index in [0.717, 1.165) is 19.3 Å². The highest BCUT2D eigenvalue weighted by atomic mass is 32.1. The number of carbonyl (C=O) groups excluding carboxylic acids is 3. The third-order valence-electron chi connectivity index (χ3n) is 3.95. The van der Waals surface area contributed by atoms with E-state index >= 15 is 0 Å². The van der Waals surface area contributed by atoms with Gasteiger partial charge in [0, 0.05) is 12.0 Å². The summed E-state index contributed by atoms with van der Waals surface area (Å²) in [5.74, 6) is -0.594. The molecule has 0 heterocycles. The monoisotopic (exact) mass is 437 g/mol. The van der Waals surface area contributed by atoms with Gasteiger partial charge in [-0.2, -0.15) is 0 Å². The first-order chi connectivity index (χ1) is 14.5. The van der Waals surface area contributed by atoms with E-state index in [1.807, 2.05) is 6.92 Å². The number of esters is 1. The summed E-state index contributed by atoms with van der Waals surface area (Å²) in [6, 6.07) is 6.74. The number of hydrazine groups is 1. The van der Waals surface area contributed by atoms with E-state index in [9.17, 15) is 14.4 Å². The summed E-state index contributed by atoms with van der Waals surface area (Å²) in [6.07, 6.45) is 5.15. The molecule has 1 aromatic carbocycles. The normalized spacial score (nSPS) is 10.1. The molecule has 0 atom stereocenters. The molecule has 0 aliphatic rings. The Morgan fingerprint density at radius 3 is 2.30 bits per heavy atom. The van der Waals surface area contributed by atoms with Crippen molar-refractivity contribution >= 4 is 35.1 Å². The van der Waals surface area contributed by atoms with Crippen LogP contribution >= 0.6 is 12.2 Å². The average molecular weight is 438 g/mol. The van der Waals surface area contributed by atoms with E-state index < -0.39 is 17.8 Å². The van der Waals surface area contributed by atoms with Gasteiger partial charge in [0.1, 0.15) is 5.75 Å². The third kappa shape index (κ3) is 11.4. The van der Waals surface area contributed by atoms with E-state index in [0.29, 0.717) is 24.5 Å². The van der Waals surface area contributed by atoms with Crippen LogP contribution in [0.5, 0.6) is 5.75 Å². The highest BCUT2D eigenvalue weighted by Gasteiger charge is 2.10. The molecule has 0 saturated heterocycles. The topological polar surface area (TPSA) is 106 Å². The minimum absolute atomic E-state index is 0.0339. The third-order valence-corrected chi connectivity index (χ3v) is 4.15. The molecule has 2 amide bonds. The van der Waals surface area contributed by atoms with Gasteiger partial charge in [0.05, 0.1) is 19.6 Å². The number of hydrogen-bond acceptors (Lipinski definition) is 6. The lowest BCUT2D eigenvalue weighted by atomic mass is 10.2. The number of benzene rings is 1. The minimum Gasteiger partial charge on any atom is -0.494 e. The molecule has 1 aromatic rings. The molecular weight excluding hydrogens is 406 g/mol. The van der Waals surface area contributed by atoms with Gasteiger partial charge in [0.25, 0.3) is 5.91 Å². The summed E-state index contributed by atoms with van der Waals surface area (Å²) in [7, 11) is 0. The van der Waals surface area contributed by atoms with Crippen molar-refractivity contribution in [1.82, 2.24) is 16.2 Å². The molecule has 0 unspecified atom stereocenters. The predicted molar refractivity (Wildman–Crippen MR) is 118 cm³/mol. The molecule has 0 aromatic heterocycles. The first-order valence-electron chi connectivity index (χ1n) is 10.2. The van der Waals surface area contributed by atoms with Gasteiger partial charge < -0.3 is 14.8 Å². The summed E-state index contributed by atoms with van der Waals surface area (Å²) in [6.45, 7) is 5.03. The molecule has 0 fully saturated rings. The maximum Gasteiger partial charge on any atom is 0.306 e. The number of ether oxygens (including phenoxy) is 2. The fourth-order valence-corrected chi connectivity index (χ4v) is 2.50. The average Bonchev–Trinajstić information content (AvgIpc) is 2.74. The molecule has 0 radical (unpaired) electrons. The number of amides is 2. The largest absolute Gasteiger partial charge is 0.494 e. The van der Waals surface area contributed by atoms with E-state index in [2.05, 4.69) is 23.1 Å². The van der Waals surface area contributed by atoms with E-state index in [-0.39, 0.29) is 18.0 Å². The maximum atomic E-state index is 12.1. The number of unbranched alkanes of at least 4 members (excludes halogenated alkanes) is 3. The highest BCUT2D eigenvalue weighted by Crippen LogP contribution is 2.13. The van der Waals surface area contributed by atoms with Gasteiger partial charge in [0.15, 0.2) is 5.11 Å². The van der Waals surface area contributed by atoms with Crippen molar-refractivity contribution in [1.29, 1.82) is 0 Å². The Morgan fingerprint density at radius 2 is 1.63 bits per heavy atom. The van der Waals surface area contributed by atoms with Crippen molar-refractivity contribution in [2.75, 3.05) is 13.2 Å². The Bertz CT molecular complexity index is 694. The summed E-state index contributed by atoms with van der Waals surface area (Å²) in [5, 5.41) is 2.32. The number of nitrogens with one attached hydrogen (secondary N) is 3. The molecule has 0 aliphatic carbocycles. The Kier molecular flexibility index (Phi) is 12.8. The van der Waals surface area contributed by atoms with E-state index in [1.54, 1.807) is 24.3 Å². The van der Waals surface area contributed by atoms with Crippen LogP contribution in [0, 0.1) is 0 Å². The van der Waals surface area contributed by atoms with E-state index in [1.165, 1.54) is 12.8 Å². The van der Waals surface area contributed by atoms with Crippen molar-refractivity contribution in [3.8, 4) is 5.75 Å². The molecule has 0 bridgehead atoms. The number of hydrogen-bond donors (Lipinski definition) is 3. The number of carbonyl (C=O) groups is 3. The lowest BCUT2D eigenvalue weighted by Crippen LogP contribution is -2.48. The second-order valence-corrected chi connectivity index (χ2v) is 7.02.